The Morgan fingerprint density at radius 2 is 1.73 bits per heavy atom. The Morgan fingerprint density at radius 1 is 1.00 bits per heavy atom. The first-order valence-electron chi connectivity index (χ1n) is 12.6. The fraction of sp³-hybridized carbons (Fsp3) is 0.926. The van der Waals surface area contributed by atoms with Crippen LogP contribution in [-0.4, -0.2) is 11.2 Å². The zero-order valence-corrected chi connectivity index (χ0v) is 25.3. The van der Waals surface area contributed by atoms with Gasteiger partial charge >= 0.3 is 59.1 Å². The molecule has 30 heavy (non-hydrogen) atoms. The summed E-state index contributed by atoms with van der Waals surface area (Å²) in [5.41, 5.74) is 2.60. The minimum Gasteiger partial charge on any atom is -1.00 e. The summed E-state index contributed by atoms with van der Waals surface area (Å²) < 4.78 is 0. The summed E-state index contributed by atoms with van der Waals surface area (Å²) in [5, 5.41) is 10.2. The number of aliphatic hydroxyl groups is 1. The molecule has 0 radical (unpaired) electrons. The Labute approximate surface area is 234 Å². The van der Waals surface area contributed by atoms with Gasteiger partial charge in [0.05, 0.1) is 6.10 Å². The molecule has 1 nitrogen and oxygen atoms in total. The smallest absolute Gasteiger partial charge is 1.00 e. The van der Waals surface area contributed by atoms with Crippen LogP contribution in [0.1, 0.15) is 108 Å². The summed E-state index contributed by atoms with van der Waals surface area (Å²) in [6.45, 7) is 12.6. The van der Waals surface area contributed by atoms with Crippen LogP contribution in [-0.2, 0) is 0 Å². The average molecular weight is 435 g/mol. The van der Waals surface area contributed by atoms with Gasteiger partial charge in [0.25, 0.3) is 0 Å². The molecule has 0 unspecified atom stereocenters. The molecule has 3 fully saturated rings. The molecule has 4 aliphatic carbocycles. The van der Waals surface area contributed by atoms with E-state index in [0.717, 1.165) is 48.3 Å². The van der Waals surface area contributed by atoms with Crippen molar-refractivity contribution in [3.63, 3.8) is 0 Å². The Hall–Kier alpha value is 1.70. The van der Waals surface area contributed by atoms with Crippen molar-refractivity contribution >= 4 is 0 Å². The van der Waals surface area contributed by atoms with Crippen molar-refractivity contribution in [1.29, 1.82) is 0 Å². The van der Waals surface area contributed by atoms with Crippen LogP contribution in [0.2, 0.25) is 0 Å². The summed E-state index contributed by atoms with van der Waals surface area (Å²) in [5.74, 6) is 5.46. The van der Waals surface area contributed by atoms with E-state index in [1.165, 1.54) is 57.8 Å². The van der Waals surface area contributed by atoms with E-state index in [4.69, 9.17) is 0 Å². The molecule has 3 saturated carbocycles. The second kappa shape index (κ2) is 11.0. The molecule has 0 amide bonds. The Balaban J connectivity index is 0.00000240. The van der Waals surface area contributed by atoms with Crippen molar-refractivity contribution in [3.8, 4) is 0 Å². The molecule has 1 N–H and O–H groups in total. The molecule has 8 atom stereocenters. The summed E-state index contributed by atoms with van der Waals surface area (Å²) in [6, 6.07) is 0. The number of aliphatic hydroxyl groups excluding tert-OH is 1. The first-order chi connectivity index (χ1) is 13.3. The third kappa shape index (κ3) is 5.04. The van der Waals surface area contributed by atoms with Crippen LogP contribution in [0.3, 0.4) is 0 Å². The van der Waals surface area contributed by atoms with Crippen LogP contribution in [0, 0.1) is 46.3 Å². The maximum Gasteiger partial charge on any atom is 1.00 e. The monoisotopic (exact) mass is 434 g/mol. The fourth-order valence-electron chi connectivity index (χ4n) is 8.67. The van der Waals surface area contributed by atoms with Gasteiger partial charge in [0, 0.05) is 0 Å². The van der Waals surface area contributed by atoms with Gasteiger partial charge in [-0.2, -0.15) is 0 Å². The van der Waals surface area contributed by atoms with Crippen LogP contribution in [0.15, 0.2) is 11.6 Å². The third-order valence-electron chi connectivity index (χ3n) is 10.3. The molecule has 0 aromatic carbocycles. The molecule has 0 aliphatic heterocycles. The van der Waals surface area contributed by atoms with Gasteiger partial charge in [0.2, 0.25) is 0 Å². The number of rotatable bonds is 5. The van der Waals surface area contributed by atoms with Gasteiger partial charge < -0.3 is 7.96 Å². The zero-order chi connectivity index (χ0) is 20.1. The van der Waals surface area contributed by atoms with E-state index in [-0.39, 0.29) is 68.1 Å². The van der Waals surface area contributed by atoms with Crippen molar-refractivity contribution < 1.29 is 67.1 Å². The van der Waals surface area contributed by atoms with Crippen molar-refractivity contribution in [2.24, 2.45) is 46.3 Å². The molecule has 0 saturated heterocycles. The topological polar surface area (TPSA) is 20.2 Å². The second-order valence-corrected chi connectivity index (χ2v) is 12.2. The molecule has 3 heteroatoms. The van der Waals surface area contributed by atoms with Gasteiger partial charge in [-0.05, 0) is 97.7 Å². The van der Waals surface area contributed by atoms with E-state index in [1.54, 1.807) is 5.57 Å². The Kier molecular flexibility index (Phi) is 10.2. The Bertz CT molecular complexity index is 612. The van der Waals surface area contributed by atoms with E-state index in [2.05, 4.69) is 40.7 Å². The molecule has 4 rings (SSSR count). The first kappa shape index (κ1) is 27.9. The van der Waals surface area contributed by atoms with Gasteiger partial charge in [-0.1, -0.05) is 65.5 Å². The number of hydrogen-bond donors (Lipinski definition) is 1. The predicted molar refractivity (Wildman–Crippen MR) is 121 cm³/mol. The van der Waals surface area contributed by atoms with Crippen molar-refractivity contribution in [1.82, 2.24) is 0 Å². The average Bonchev–Trinajstić information content (AvgIpc) is 2.99. The summed E-state index contributed by atoms with van der Waals surface area (Å²) in [7, 11) is 0. The number of fused-ring (bicyclic) bond motifs is 5. The molecule has 0 aromatic rings. The number of hydrogen-bond acceptors (Lipinski definition) is 1. The molecule has 0 spiro atoms. The van der Waals surface area contributed by atoms with E-state index in [1.807, 2.05) is 0 Å². The fourth-order valence-corrected chi connectivity index (χ4v) is 8.67. The minimum absolute atomic E-state index is 0. The van der Waals surface area contributed by atoms with Gasteiger partial charge in [0.15, 0.2) is 0 Å². The van der Waals surface area contributed by atoms with E-state index < -0.39 is 0 Å². The van der Waals surface area contributed by atoms with Gasteiger partial charge in [-0.3, -0.25) is 0 Å². The summed E-state index contributed by atoms with van der Waals surface area (Å²) >= 11 is 0. The SMILES string of the molecule is CC(C)CCC[C@@H](C)[C@H]1CC[C@H]2[C@@H]3CC=C4C[C@@H](O)CC[C@]4(C)[C@H]3CC[C@]12C.[H-].[H-].[Na+].[Na+]. The van der Waals surface area contributed by atoms with Crippen LogP contribution >= 0.6 is 0 Å². The second-order valence-electron chi connectivity index (χ2n) is 12.2. The quantitative estimate of drug-likeness (QED) is 0.515. The Morgan fingerprint density at radius 3 is 2.43 bits per heavy atom. The summed E-state index contributed by atoms with van der Waals surface area (Å²) in [4.78, 5) is 0. The third-order valence-corrected chi connectivity index (χ3v) is 10.3. The van der Waals surface area contributed by atoms with Crippen molar-refractivity contribution in [3.05, 3.63) is 11.6 Å². The largest absolute Gasteiger partial charge is 1.00 e. The van der Waals surface area contributed by atoms with Crippen LogP contribution < -0.4 is 59.1 Å². The number of allylic oxidation sites excluding steroid dienone is 1. The maximum absolute atomic E-state index is 10.2. The van der Waals surface area contributed by atoms with Crippen molar-refractivity contribution in [2.45, 2.75) is 111 Å². The van der Waals surface area contributed by atoms with Gasteiger partial charge in [-0.25, -0.2) is 0 Å². The molecule has 4 aliphatic rings. The first-order valence-corrected chi connectivity index (χ1v) is 12.6. The maximum atomic E-state index is 10.2. The molecule has 0 bridgehead atoms. The predicted octanol–water partition coefficient (Wildman–Crippen LogP) is 1.62. The molecule has 0 heterocycles. The van der Waals surface area contributed by atoms with Crippen LogP contribution in [0.5, 0.6) is 0 Å². The van der Waals surface area contributed by atoms with E-state index >= 15 is 0 Å². The van der Waals surface area contributed by atoms with E-state index in [9.17, 15) is 5.11 Å². The van der Waals surface area contributed by atoms with Crippen LogP contribution in [0.25, 0.3) is 0 Å². The molecular formula is C27H48Na2O. The normalized spacial score (nSPS) is 43.4. The standard InChI is InChI=1S/C27H46O.2Na.2H/c1-18(2)7-6-8-19(3)23-11-12-24-22-10-9-20-17-21(28)13-15-26(20,4)25(22)14-16-27(23,24)5;;;;/h9,18-19,21-25,28H,6-8,10-17H2,1-5H3;;;;/q;2*+1;2*-1/t19-,21+,22+,23-,24+,25+,26+,27-;;;;/m1..../s1. The molecule has 164 valence electrons. The summed E-state index contributed by atoms with van der Waals surface area (Å²) in [6.07, 6.45) is 17.2. The zero-order valence-electron chi connectivity index (χ0n) is 23.3. The van der Waals surface area contributed by atoms with E-state index in [0.29, 0.717) is 10.8 Å². The minimum atomic E-state index is -0.0766. The van der Waals surface area contributed by atoms with Crippen molar-refractivity contribution in [2.75, 3.05) is 0 Å². The van der Waals surface area contributed by atoms with Gasteiger partial charge in [-0.15, -0.1) is 0 Å². The molecular weight excluding hydrogens is 386 g/mol. The molecule has 0 aromatic heterocycles. The van der Waals surface area contributed by atoms with Crippen LogP contribution in [0.4, 0.5) is 0 Å². The van der Waals surface area contributed by atoms with Gasteiger partial charge in [0.1, 0.15) is 0 Å².